The summed E-state index contributed by atoms with van der Waals surface area (Å²) in [7, 11) is 0. The highest BCUT2D eigenvalue weighted by molar-refractivity contribution is 5.29. The van der Waals surface area contributed by atoms with Gasteiger partial charge in [-0.05, 0) is 56.0 Å². The van der Waals surface area contributed by atoms with E-state index in [-0.39, 0.29) is 5.82 Å². The van der Waals surface area contributed by atoms with Crippen LogP contribution in [0, 0.1) is 12.7 Å². The van der Waals surface area contributed by atoms with Crippen LogP contribution in [-0.2, 0) is 0 Å². The smallest absolute Gasteiger partial charge is 0.123 e. The summed E-state index contributed by atoms with van der Waals surface area (Å²) in [6, 6.07) is 5.33. The summed E-state index contributed by atoms with van der Waals surface area (Å²) in [5, 5.41) is 3.51. The van der Waals surface area contributed by atoms with Crippen molar-refractivity contribution in [2.45, 2.75) is 39.2 Å². The molecule has 0 spiro atoms. The second-order valence-corrected chi connectivity index (χ2v) is 4.37. The van der Waals surface area contributed by atoms with Crippen LogP contribution in [0.4, 0.5) is 4.39 Å². The van der Waals surface area contributed by atoms with Crippen LogP contribution in [0.5, 0.6) is 0 Å². The Morgan fingerprint density at radius 1 is 1.47 bits per heavy atom. The molecule has 0 radical (unpaired) electrons. The topological polar surface area (TPSA) is 12.0 Å². The van der Waals surface area contributed by atoms with Crippen LogP contribution in [0.2, 0.25) is 0 Å². The molecule has 0 saturated carbocycles. The highest BCUT2D eigenvalue weighted by Gasteiger charge is 2.12. The third kappa shape index (κ3) is 4.31. The largest absolute Gasteiger partial charge is 0.310 e. The predicted octanol–water partition coefficient (Wildman–Crippen LogP) is 4.14. The van der Waals surface area contributed by atoms with Gasteiger partial charge in [-0.3, -0.25) is 0 Å². The molecular weight excluding hydrogens is 213 g/mol. The number of rotatable bonds is 7. The molecule has 1 N–H and O–H groups in total. The van der Waals surface area contributed by atoms with Crippen LogP contribution in [0.15, 0.2) is 30.9 Å². The monoisotopic (exact) mass is 235 g/mol. The van der Waals surface area contributed by atoms with E-state index in [1.807, 2.05) is 19.1 Å². The number of nitrogens with one attached hydrogen (secondary N) is 1. The normalized spacial score (nSPS) is 12.4. The zero-order valence-corrected chi connectivity index (χ0v) is 10.8. The Bertz CT molecular complexity index is 360. The van der Waals surface area contributed by atoms with Gasteiger partial charge in [0.1, 0.15) is 5.82 Å². The van der Waals surface area contributed by atoms with Gasteiger partial charge in [0.05, 0.1) is 0 Å². The molecule has 0 amide bonds. The van der Waals surface area contributed by atoms with Crippen LogP contribution in [-0.4, -0.2) is 6.54 Å². The van der Waals surface area contributed by atoms with Gasteiger partial charge in [-0.1, -0.05) is 19.1 Å². The molecule has 1 aromatic carbocycles. The molecule has 1 aromatic rings. The summed E-state index contributed by atoms with van der Waals surface area (Å²) < 4.78 is 13.1. The molecule has 0 aliphatic rings. The van der Waals surface area contributed by atoms with E-state index in [2.05, 4.69) is 18.8 Å². The molecule has 2 heteroatoms. The lowest BCUT2D eigenvalue weighted by Gasteiger charge is -2.20. The van der Waals surface area contributed by atoms with Crippen molar-refractivity contribution in [2.24, 2.45) is 0 Å². The molecule has 0 aromatic heterocycles. The number of aryl methyl sites for hydroxylation is 1. The third-order valence-corrected chi connectivity index (χ3v) is 2.91. The van der Waals surface area contributed by atoms with Crippen LogP contribution >= 0.6 is 0 Å². The quantitative estimate of drug-likeness (QED) is 0.700. The molecule has 1 atom stereocenters. The first-order chi connectivity index (χ1) is 8.19. The first kappa shape index (κ1) is 13.9. The molecule has 0 saturated heterocycles. The lowest BCUT2D eigenvalue weighted by molar-refractivity contribution is 0.500. The molecule has 0 heterocycles. The maximum atomic E-state index is 13.1. The molecule has 1 nitrogen and oxygen atoms in total. The number of allylic oxidation sites excluding steroid dienone is 1. The van der Waals surface area contributed by atoms with E-state index in [9.17, 15) is 4.39 Å². The fraction of sp³-hybridized carbons (Fsp3) is 0.467. The summed E-state index contributed by atoms with van der Waals surface area (Å²) in [5.74, 6) is -0.163. The third-order valence-electron chi connectivity index (χ3n) is 2.91. The average molecular weight is 235 g/mol. The predicted molar refractivity (Wildman–Crippen MR) is 71.6 cm³/mol. The first-order valence-electron chi connectivity index (χ1n) is 6.29. The first-order valence-corrected chi connectivity index (χ1v) is 6.29. The van der Waals surface area contributed by atoms with Gasteiger partial charge < -0.3 is 5.32 Å². The lowest BCUT2D eigenvalue weighted by atomic mass is 9.97. The van der Waals surface area contributed by atoms with Gasteiger partial charge >= 0.3 is 0 Å². The second kappa shape index (κ2) is 7.23. The summed E-state index contributed by atoms with van der Waals surface area (Å²) in [5.41, 5.74) is 2.21. The molecular formula is C15H22FN. The Balaban J connectivity index is 2.82. The molecule has 0 aliphatic carbocycles. The number of halogens is 1. The van der Waals surface area contributed by atoms with Gasteiger partial charge in [-0.2, -0.15) is 0 Å². The van der Waals surface area contributed by atoms with Crippen molar-refractivity contribution >= 4 is 0 Å². The van der Waals surface area contributed by atoms with Crippen molar-refractivity contribution < 1.29 is 4.39 Å². The minimum absolute atomic E-state index is 0.163. The molecule has 17 heavy (non-hydrogen) atoms. The molecule has 0 aliphatic heterocycles. The molecule has 1 unspecified atom stereocenters. The average Bonchev–Trinajstić information content (AvgIpc) is 2.30. The van der Waals surface area contributed by atoms with Crippen molar-refractivity contribution in [1.29, 1.82) is 0 Å². The maximum Gasteiger partial charge on any atom is 0.123 e. The van der Waals surface area contributed by atoms with Gasteiger partial charge in [-0.15, -0.1) is 6.58 Å². The SMILES string of the molecule is C=CCCC(NCCC)c1ccc(F)cc1C. The molecule has 94 valence electrons. The van der Waals surface area contributed by atoms with Crippen LogP contribution in [0.3, 0.4) is 0 Å². The van der Waals surface area contributed by atoms with E-state index in [0.717, 1.165) is 31.4 Å². The highest BCUT2D eigenvalue weighted by Crippen LogP contribution is 2.23. The number of hydrogen-bond acceptors (Lipinski definition) is 1. The van der Waals surface area contributed by atoms with E-state index in [0.29, 0.717) is 6.04 Å². The second-order valence-electron chi connectivity index (χ2n) is 4.37. The highest BCUT2D eigenvalue weighted by atomic mass is 19.1. The van der Waals surface area contributed by atoms with E-state index in [4.69, 9.17) is 0 Å². The minimum Gasteiger partial charge on any atom is -0.310 e. The summed E-state index contributed by atoms with van der Waals surface area (Å²) in [6.45, 7) is 8.85. The Kier molecular flexibility index (Phi) is 5.92. The Morgan fingerprint density at radius 2 is 2.24 bits per heavy atom. The lowest BCUT2D eigenvalue weighted by Crippen LogP contribution is -2.22. The summed E-state index contributed by atoms with van der Waals surface area (Å²) >= 11 is 0. The van der Waals surface area contributed by atoms with Crippen LogP contribution in [0.25, 0.3) is 0 Å². The van der Waals surface area contributed by atoms with E-state index in [1.54, 1.807) is 6.07 Å². The van der Waals surface area contributed by atoms with Crippen molar-refractivity contribution in [3.63, 3.8) is 0 Å². The van der Waals surface area contributed by atoms with Crippen LogP contribution in [0.1, 0.15) is 43.4 Å². The maximum absolute atomic E-state index is 13.1. The fourth-order valence-electron chi connectivity index (χ4n) is 2.00. The van der Waals surface area contributed by atoms with E-state index in [1.165, 1.54) is 11.6 Å². The van der Waals surface area contributed by atoms with Gasteiger partial charge in [0.25, 0.3) is 0 Å². The zero-order chi connectivity index (χ0) is 12.7. The van der Waals surface area contributed by atoms with Crippen molar-refractivity contribution in [3.8, 4) is 0 Å². The van der Waals surface area contributed by atoms with Crippen molar-refractivity contribution in [2.75, 3.05) is 6.54 Å². The summed E-state index contributed by atoms with van der Waals surface area (Å²) in [4.78, 5) is 0. The molecule has 0 fully saturated rings. The Labute approximate surface area is 104 Å². The van der Waals surface area contributed by atoms with Gasteiger partial charge in [0, 0.05) is 6.04 Å². The fourth-order valence-corrected chi connectivity index (χ4v) is 2.00. The Hall–Kier alpha value is -1.15. The van der Waals surface area contributed by atoms with Crippen LogP contribution < -0.4 is 5.32 Å². The van der Waals surface area contributed by atoms with E-state index < -0.39 is 0 Å². The van der Waals surface area contributed by atoms with Crippen molar-refractivity contribution in [1.82, 2.24) is 5.32 Å². The van der Waals surface area contributed by atoms with Gasteiger partial charge in [-0.25, -0.2) is 4.39 Å². The number of hydrogen-bond donors (Lipinski definition) is 1. The molecule has 1 rings (SSSR count). The molecule has 0 bridgehead atoms. The zero-order valence-electron chi connectivity index (χ0n) is 10.8. The minimum atomic E-state index is -0.163. The van der Waals surface area contributed by atoms with Crippen molar-refractivity contribution in [3.05, 3.63) is 47.8 Å². The van der Waals surface area contributed by atoms with Gasteiger partial charge in [0.2, 0.25) is 0 Å². The van der Waals surface area contributed by atoms with E-state index >= 15 is 0 Å². The standard InChI is InChI=1S/C15H22FN/c1-4-6-7-15(17-10-5-2)14-9-8-13(16)11-12(14)3/h4,8-9,11,15,17H,1,5-7,10H2,2-3H3. The summed E-state index contributed by atoms with van der Waals surface area (Å²) in [6.07, 6.45) is 5.01. The van der Waals surface area contributed by atoms with Gasteiger partial charge in [0.15, 0.2) is 0 Å². The Morgan fingerprint density at radius 3 is 2.82 bits per heavy atom. The number of benzene rings is 1.